The molecule has 1 heterocycles. The molecular formula is C13H16F3NO. The second kappa shape index (κ2) is 5.28. The molecule has 1 aliphatic rings. The van der Waals surface area contributed by atoms with Crippen LogP contribution >= 0.6 is 0 Å². The summed E-state index contributed by atoms with van der Waals surface area (Å²) < 4.78 is 42.1. The van der Waals surface area contributed by atoms with Gasteiger partial charge in [0, 0.05) is 12.5 Å². The first-order valence-corrected chi connectivity index (χ1v) is 5.99. The molecule has 0 bridgehead atoms. The van der Waals surface area contributed by atoms with E-state index in [0.717, 1.165) is 17.5 Å². The fraction of sp³-hybridized carbons (Fsp3) is 0.538. The summed E-state index contributed by atoms with van der Waals surface area (Å²) in [6.45, 7) is 0.515. The minimum Gasteiger partial charge on any atom is -0.372 e. The van der Waals surface area contributed by atoms with Crippen LogP contribution in [-0.4, -0.2) is 18.8 Å². The molecule has 2 unspecified atom stereocenters. The topological polar surface area (TPSA) is 35.2 Å². The van der Waals surface area contributed by atoms with Crippen LogP contribution in [0.2, 0.25) is 0 Å². The number of halogens is 3. The third-order valence-electron chi connectivity index (χ3n) is 3.18. The Balaban J connectivity index is 2.06. The first-order valence-electron chi connectivity index (χ1n) is 5.99. The van der Waals surface area contributed by atoms with Crippen LogP contribution in [-0.2, 0) is 11.2 Å². The van der Waals surface area contributed by atoms with Gasteiger partial charge in [-0.3, -0.25) is 0 Å². The highest BCUT2D eigenvalue weighted by Gasteiger charge is 2.32. The van der Waals surface area contributed by atoms with Gasteiger partial charge in [0.05, 0.1) is 12.7 Å². The quantitative estimate of drug-likeness (QED) is 0.905. The molecule has 0 amide bonds. The minimum atomic E-state index is -4.16. The molecule has 1 aliphatic heterocycles. The Labute approximate surface area is 104 Å². The van der Waals surface area contributed by atoms with Gasteiger partial charge >= 0.3 is 6.18 Å². The first-order chi connectivity index (χ1) is 8.47. The molecule has 2 nitrogen and oxygen atoms in total. The van der Waals surface area contributed by atoms with Crippen LogP contribution in [0, 0.1) is 0 Å². The maximum absolute atomic E-state index is 12.2. The van der Waals surface area contributed by atoms with Gasteiger partial charge in [0.1, 0.15) is 0 Å². The van der Waals surface area contributed by atoms with E-state index in [4.69, 9.17) is 10.5 Å². The van der Waals surface area contributed by atoms with Crippen molar-refractivity contribution in [1.82, 2.24) is 0 Å². The van der Waals surface area contributed by atoms with Crippen molar-refractivity contribution in [2.75, 3.05) is 6.61 Å². The third kappa shape index (κ3) is 3.23. The van der Waals surface area contributed by atoms with Crippen molar-refractivity contribution in [3.63, 3.8) is 0 Å². The molecule has 0 fully saturated rings. The van der Waals surface area contributed by atoms with Crippen molar-refractivity contribution in [3.8, 4) is 0 Å². The zero-order valence-corrected chi connectivity index (χ0v) is 9.91. The minimum absolute atomic E-state index is 0.109. The van der Waals surface area contributed by atoms with E-state index in [1.807, 2.05) is 24.3 Å². The number of ether oxygens (including phenoxy) is 1. The SMILES string of the molecule is NC(CCC(F)(F)F)C1OCCc2ccccc21. The van der Waals surface area contributed by atoms with Crippen molar-refractivity contribution < 1.29 is 17.9 Å². The molecule has 2 atom stereocenters. The van der Waals surface area contributed by atoms with Crippen LogP contribution in [0.25, 0.3) is 0 Å². The summed E-state index contributed by atoms with van der Waals surface area (Å²) >= 11 is 0. The molecule has 0 saturated carbocycles. The molecule has 1 aromatic carbocycles. The molecule has 0 aromatic heterocycles. The highest BCUT2D eigenvalue weighted by Crippen LogP contribution is 2.32. The molecular weight excluding hydrogens is 243 g/mol. The van der Waals surface area contributed by atoms with E-state index >= 15 is 0 Å². The maximum Gasteiger partial charge on any atom is 0.389 e. The van der Waals surface area contributed by atoms with Crippen molar-refractivity contribution >= 4 is 0 Å². The fourth-order valence-corrected chi connectivity index (χ4v) is 2.26. The zero-order chi connectivity index (χ0) is 13.2. The molecule has 0 spiro atoms. The van der Waals surface area contributed by atoms with Gasteiger partial charge in [-0.25, -0.2) is 0 Å². The molecule has 2 rings (SSSR count). The Morgan fingerprint density at radius 2 is 2.06 bits per heavy atom. The summed E-state index contributed by atoms with van der Waals surface area (Å²) in [4.78, 5) is 0. The highest BCUT2D eigenvalue weighted by molar-refractivity contribution is 5.31. The van der Waals surface area contributed by atoms with Crippen LogP contribution in [0.15, 0.2) is 24.3 Å². The van der Waals surface area contributed by atoms with E-state index < -0.39 is 24.7 Å². The van der Waals surface area contributed by atoms with E-state index in [9.17, 15) is 13.2 Å². The summed E-state index contributed by atoms with van der Waals surface area (Å²) in [7, 11) is 0. The van der Waals surface area contributed by atoms with Gasteiger partial charge in [-0.2, -0.15) is 13.2 Å². The monoisotopic (exact) mass is 259 g/mol. The molecule has 0 saturated heterocycles. The standard InChI is InChI=1S/C13H16F3NO/c14-13(15,16)7-5-11(17)12-10-4-2-1-3-9(10)6-8-18-12/h1-4,11-12H,5-8,17H2. The lowest BCUT2D eigenvalue weighted by molar-refractivity contribution is -0.138. The molecule has 0 aliphatic carbocycles. The number of nitrogens with two attached hydrogens (primary N) is 1. The van der Waals surface area contributed by atoms with Gasteiger partial charge in [0.15, 0.2) is 0 Å². The summed E-state index contributed by atoms with van der Waals surface area (Å²) in [6.07, 6.45) is -4.76. The average molecular weight is 259 g/mol. The van der Waals surface area contributed by atoms with E-state index in [-0.39, 0.29) is 6.42 Å². The second-order valence-electron chi connectivity index (χ2n) is 4.56. The number of hydrogen-bond acceptors (Lipinski definition) is 2. The number of hydrogen-bond donors (Lipinski definition) is 1. The largest absolute Gasteiger partial charge is 0.389 e. The van der Waals surface area contributed by atoms with E-state index in [1.165, 1.54) is 0 Å². The predicted octanol–water partition coefficient (Wildman–Crippen LogP) is 2.97. The Bertz CT molecular complexity index is 405. The van der Waals surface area contributed by atoms with Gasteiger partial charge < -0.3 is 10.5 Å². The predicted molar refractivity (Wildman–Crippen MR) is 62.1 cm³/mol. The number of alkyl halides is 3. The summed E-state index contributed by atoms with van der Waals surface area (Å²) in [5.74, 6) is 0. The van der Waals surface area contributed by atoms with Gasteiger partial charge in [-0.15, -0.1) is 0 Å². The molecule has 1 aromatic rings. The molecule has 5 heteroatoms. The Hall–Kier alpha value is -1.07. The highest BCUT2D eigenvalue weighted by atomic mass is 19.4. The number of benzene rings is 1. The van der Waals surface area contributed by atoms with Crippen LogP contribution in [0.5, 0.6) is 0 Å². The fourth-order valence-electron chi connectivity index (χ4n) is 2.26. The van der Waals surface area contributed by atoms with Crippen LogP contribution in [0.4, 0.5) is 13.2 Å². The van der Waals surface area contributed by atoms with Crippen LogP contribution in [0.3, 0.4) is 0 Å². The Morgan fingerprint density at radius 1 is 1.33 bits per heavy atom. The Kier molecular flexibility index (Phi) is 3.92. The lowest BCUT2D eigenvalue weighted by atomic mass is 9.92. The smallest absolute Gasteiger partial charge is 0.372 e. The summed E-state index contributed by atoms with van der Waals surface area (Å²) in [5.41, 5.74) is 7.90. The third-order valence-corrected chi connectivity index (χ3v) is 3.18. The molecule has 18 heavy (non-hydrogen) atoms. The first kappa shape index (κ1) is 13.4. The lowest BCUT2D eigenvalue weighted by Gasteiger charge is -2.30. The molecule has 2 N–H and O–H groups in total. The normalized spacial score (nSPS) is 21.4. The van der Waals surface area contributed by atoms with Crippen molar-refractivity contribution in [2.24, 2.45) is 5.73 Å². The summed E-state index contributed by atoms with van der Waals surface area (Å²) in [5, 5.41) is 0. The van der Waals surface area contributed by atoms with E-state index in [2.05, 4.69) is 0 Å². The van der Waals surface area contributed by atoms with Crippen molar-refractivity contribution in [1.29, 1.82) is 0 Å². The van der Waals surface area contributed by atoms with Crippen molar-refractivity contribution in [2.45, 2.75) is 37.6 Å². The van der Waals surface area contributed by atoms with Crippen LogP contribution in [0.1, 0.15) is 30.1 Å². The van der Waals surface area contributed by atoms with E-state index in [0.29, 0.717) is 6.61 Å². The van der Waals surface area contributed by atoms with Crippen molar-refractivity contribution in [3.05, 3.63) is 35.4 Å². The number of fused-ring (bicyclic) bond motifs is 1. The van der Waals surface area contributed by atoms with Gasteiger partial charge in [-0.1, -0.05) is 24.3 Å². The molecule has 100 valence electrons. The van der Waals surface area contributed by atoms with Gasteiger partial charge in [0.2, 0.25) is 0 Å². The average Bonchev–Trinajstić information content (AvgIpc) is 2.34. The molecule has 0 radical (unpaired) electrons. The Morgan fingerprint density at radius 3 is 2.78 bits per heavy atom. The summed E-state index contributed by atoms with van der Waals surface area (Å²) in [6, 6.07) is 7.01. The maximum atomic E-state index is 12.2. The van der Waals surface area contributed by atoms with Gasteiger partial charge in [-0.05, 0) is 24.0 Å². The number of rotatable bonds is 3. The van der Waals surface area contributed by atoms with Gasteiger partial charge in [0.25, 0.3) is 0 Å². The second-order valence-corrected chi connectivity index (χ2v) is 4.56. The zero-order valence-electron chi connectivity index (χ0n) is 9.91. The van der Waals surface area contributed by atoms with Crippen LogP contribution < -0.4 is 5.73 Å². The lowest BCUT2D eigenvalue weighted by Crippen LogP contribution is -2.34. The van der Waals surface area contributed by atoms with E-state index in [1.54, 1.807) is 0 Å².